The molecular formula is C16H30N2S. The van der Waals surface area contributed by atoms with Gasteiger partial charge in [0.2, 0.25) is 0 Å². The molecule has 0 saturated heterocycles. The van der Waals surface area contributed by atoms with Gasteiger partial charge in [-0.15, -0.1) is 11.3 Å². The van der Waals surface area contributed by atoms with Crippen LogP contribution < -0.4 is 5.32 Å². The van der Waals surface area contributed by atoms with Gasteiger partial charge in [0.05, 0.1) is 0 Å². The van der Waals surface area contributed by atoms with E-state index >= 15 is 0 Å². The van der Waals surface area contributed by atoms with Crippen molar-refractivity contribution in [1.82, 2.24) is 10.2 Å². The van der Waals surface area contributed by atoms with E-state index in [4.69, 9.17) is 0 Å². The van der Waals surface area contributed by atoms with E-state index in [1.807, 2.05) is 11.3 Å². The molecule has 110 valence electrons. The van der Waals surface area contributed by atoms with Crippen LogP contribution in [0.25, 0.3) is 0 Å². The maximum absolute atomic E-state index is 3.51. The molecule has 0 aliphatic heterocycles. The minimum atomic E-state index is 0.726. The van der Waals surface area contributed by atoms with Crippen molar-refractivity contribution in [3.05, 3.63) is 21.9 Å². The lowest BCUT2D eigenvalue weighted by atomic mass is 10.2. The predicted octanol–water partition coefficient (Wildman–Crippen LogP) is 4.12. The van der Waals surface area contributed by atoms with Gasteiger partial charge in [-0.25, -0.2) is 0 Å². The number of hydrogen-bond acceptors (Lipinski definition) is 3. The Morgan fingerprint density at radius 1 is 1.11 bits per heavy atom. The molecular weight excluding hydrogens is 252 g/mol. The van der Waals surface area contributed by atoms with E-state index in [9.17, 15) is 0 Å². The zero-order valence-corrected chi connectivity index (χ0v) is 13.9. The number of nitrogens with one attached hydrogen (secondary N) is 1. The van der Waals surface area contributed by atoms with Crippen molar-refractivity contribution in [2.75, 3.05) is 19.6 Å². The molecule has 0 bridgehead atoms. The van der Waals surface area contributed by atoms with Crippen molar-refractivity contribution in [3.8, 4) is 0 Å². The minimum Gasteiger partial charge on any atom is -0.312 e. The Morgan fingerprint density at radius 3 is 2.32 bits per heavy atom. The van der Waals surface area contributed by atoms with Gasteiger partial charge in [-0.1, -0.05) is 27.7 Å². The maximum atomic E-state index is 3.51. The van der Waals surface area contributed by atoms with E-state index in [2.05, 4.69) is 50.0 Å². The summed E-state index contributed by atoms with van der Waals surface area (Å²) in [7, 11) is 0. The van der Waals surface area contributed by atoms with Gasteiger partial charge < -0.3 is 5.32 Å². The first kappa shape index (κ1) is 16.7. The Morgan fingerprint density at radius 2 is 1.74 bits per heavy atom. The molecule has 0 aromatic carbocycles. The molecule has 0 fully saturated rings. The first-order valence-corrected chi connectivity index (χ1v) is 8.48. The molecule has 1 aromatic heterocycles. The van der Waals surface area contributed by atoms with Crippen molar-refractivity contribution in [1.29, 1.82) is 0 Å². The first-order valence-electron chi connectivity index (χ1n) is 7.66. The Balaban J connectivity index is 2.39. The standard InChI is InChI=1S/C16H30N2S/c1-5-9-18(10-6-2)13-16-8-7-15(19-16)12-17-11-14(3)4/h7-8,14,17H,5-6,9-13H2,1-4H3. The molecule has 19 heavy (non-hydrogen) atoms. The van der Waals surface area contributed by atoms with Crippen LogP contribution in [0.3, 0.4) is 0 Å². The lowest BCUT2D eigenvalue weighted by molar-refractivity contribution is 0.269. The molecule has 0 radical (unpaired) electrons. The molecule has 2 nitrogen and oxygen atoms in total. The third kappa shape index (κ3) is 7.09. The van der Waals surface area contributed by atoms with E-state index in [0.717, 1.165) is 25.6 Å². The molecule has 1 rings (SSSR count). The fourth-order valence-electron chi connectivity index (χ4n) is 2.21. The number of hydrogen-bond donors (Lipinski definition) is 1. The number of nitrogens with zero attached hydrogens (tertiary/aromatic N) is 1. The monoisotopic (exact) mass is 282 g/mol. The van der Waals surface area contributed by atoms with Crippen LogP contribution in [-0.2, 0) is 13.1 Å². The summed E-state index contributed by atoms with van der Waals surface area (Å²) in [6.45, 7) is 14.7. The van der Waals surface area contributed by atoms with Crippen molar-refractivity contribution >= 4 is 11.3 Å². The molecule has 0 saturated carbocycles. The molecule has 1 N–H and O–H groups in total. The van der Waals surface area contributed by atoms with Crippen LogP contribution >= 0.6 is 11.3 Å². The van der Waals surface area contributed by atoms with E-state index < -0.39 is 0 Å². The van der Waals surface area contributed by atoms with E-state index in [1.165, 1.54) is 35.7 Å². The van der Waals surface area contributed by atoms with E-state index in [1.54, 1.807) is 0 Å². The van der Waals surface area contributed by atoms with Gasteiger partial charge in [-0.05, 0) is 50.5 Å². The normalized spacial score (nSPS) is 11.7. The second-order valence-corrected chi connectivity index (χ2v) is 6.92. The third-order valence-electron chi connectivity index (χ3n) is 3.03. The lowest BCUT2D eigenvalue weighted by Gasteiger charge is -2.19. The topological polar surface area (TPSA) is 15.3 Å². The zero-order valence-electron chi connectivity index (χ0n) is 13.0. The van der Waals surface area contributed by atoms with Gasteiger partial charge in [-0.2, -0.15) is 0 Å². The summed E-state index contributed by atoms with van der Waals surface area (Å²) in [5.74, 6) is 0.726. The van der Waals surface area contributed by atoms with Crippen LogP contribution in [-0.4, -0.2) is 24.5 Å². The van der Waals surface area contributed by atoms with Crippen molar-refractivity contribution in [2.45, 2.75) is 53.6 Å². The van der Waals surface area contributed by atoms with Crippen molar-refractivity contribution in [3.63, 3.8) is 0 Å². The van der Waals surface area contributed by atoms with Gasteiger partial charge in [-0.3, -0.25) is 4.90 Å². The molecule has 0 atom stereocenters. The number of thiophene rings is 1. The van der Waals surface area contributed by atoms with Crippen LogP contribution in [0.5, 0.6) is 0 Å². The quantitative estimate of drug-likeness (QED) is 0.694. The lowest BCUT2D eigenvalue weighted by Crippen LogP contribution is -2.24. The van der Waals surface area contributed by atoms with Gasteiger partial charge in [0, 0.05) is 22.8 Å². The van der Waals surface area contributed by atoms with Crippen LogP contribution in [0, 0.1) is 5.92 Å². The Bertz CT molecular complexity index is 327. The van der Waals surface area contributed by atoms with Crippen LogP contribution in [0.15, 0.2) is 12.1 Å². The maximum Gasteiger partial charge on any atom is 0.0328 e. The van der Waals surface area contributed by atoms with Crippen LogP contribution in [0.1, 0.15) is 50.3 Å². The largest absolute Gasteiger partial charge is 0.312 e. The molecule has 0 aliphatic carbocycles. The summed E-state index contributed by atoms with van der Waals surface area (Å²) in [6.07, 6.45) is 2.49. The summed E-state index contributed by atoms with van der Waals surface area (Å²) in [6, 6.07) is 4.58. The summed E-state index contributed by atoms with van der Waals surface area (Å²) in [4.78, 5) is 5.53. The molecule has 0 amide bonds. The van der Waals surface area contributed by atoms with Crippen molar-refractivity contribution < 1.29 is 0 Å². The van der Waals surface area contributed by atoms with Gasteiger partial charge in [0.15, 0.2) is 0 Å². The molecule has 0 aliphatic rings. The third-order valence-corrected chi connectivity index (χ3v) is 4.10. The fourth-order valence-corrected chi connectivity index (χ4v) is 3.24. The summed E-state index contributed by atoms with van der Waals surface area (Å²) in [5, 5.41) is 3.51. The second-order valence-electron chi connectivity index (χ2n) is 5.67. The smallest absolute Gasteiger partial charge is 0.0328 e. The second kappa shape index (κ2) is 9.51. The fraction of sp³-hybridized carbons (Fsp3) is 0.750. The van der Waals surface area contributed by atoms with Gasteiger partial charge in [0.1, 0.15) is 0 Å². The summed E-state index contributed by atoms with van der Waals surface area (Å²) in [5.41, 5.74) is 0. The van der Waals surface area contributed by atoms with E-state index in [0.29, 0.717) is 0 Å². The SMILES string of the molecule is CCCN(CCC)Cc1ccc(CNCC(C)C)s1. The van der Waals surface area contributed by atoms with Gasteiger partial charge >= 0.3 is 0 Å². The van der Waals surface area contributed by atoms with Crippen molar-refractivity contribution in [2.24, 2.45) is 5.92 Å². The van der Waals surface area contributed by atoms with Gasteiger partial charge in [0.25, 0.3) is 0 Å². The molecule has 1 aromatic rings. The number of rotatable bonds is 10. The molecule has 0 spiro atoms. The molecule has 0 unspecified atom stereocenters. The van der Waals surface area contributed by atoms with E-state index in [-0.39, 0.29) is 0 Å². The zero-order chi connectivity index (χ0) is 14.1. The molecule has 1 heterocycles. The highest BCUT2D eigenvalue weighted by molar-refractivity contribution is 7.11. The highest BCUT2D eigenvalue weighted by atomic mass is 32.1. The summed E-state index contributed by atoms with van der Waals surface area (Å²) >= 11 is 1.96. The first-order chi connectivity index (χ1) is 9.15. The Labute approximate surface area is 123 Å². The average molecular weight is 282 g/mol. The Hall–Kier alpha value is -0.380. The van der Waals surface area contributed by atoms with Crippen LogP contribution in [0.4, 0.5) is 0 Å². The molecule has 3 heteroatoms. The van der Waals surface area contributed by atoms with Crippen LogP contribution in [0.2, 0.25) is 0 Å². The average Bonchev–Trinajstić information content (AvgIpc) is 2.77. The Kier molecular flexibility index (Phi) is 8.35. The highest BCUT2D eigenvalue weighted by Crippen LogP contribution is 2.18. The predicted molar refractivity (Wildman–Crippen MR) is 86.7 cm³/mol. The highest BCUT2D eigenvalue weighted by Gasteiger charge is 2.06. The summed E-state index contributed by atoms with van der Waals surface area (Å²) < 4.78 is 0. The minimum absolute atomic E-state index is 0.726.